The van der Waals surface area contributed by atoms with Crippen LogP contribution in [0.2, 0.25) is 0 Å². The van der Waals surface area contributed by atoms with Crippen LogP contribution in [0.3, 0.4) is 0 Å². The van der Waals surface area contributed by atoms with Crippen LogP contribution >= 0.6 is 0 Å². The van der Waals surface area contributed by atoms with Crippen molar-refractivity contribution >= 4 is 11.6 Å². The summed E-state index contributed by atoms with van der Waals surface area (Å²) < 4.78 is 15.5. The number of fused-ring (bicyclic) bond motifs is 1. The number of likely N-dealkylation sites (N-methyl/N-ethyl adjacent to an activating group) is 1. The van der Waals surface area contributed by atoms with E-state index in [2.05, 4.69) is 22.1 Å². The standard InChI is InChI=1S/C22H22FN6O/c1-29(30)11-8-16(13-29)15-7-10-28-19(12-15)27-20(14-2-4-17(23)5-3-14)21(28)18-6-9-25-22(24)26-18/h2-7,9-10,12,16,30H,8,11,13H2,1H3,(H2,24,25,26)/q+1. The van der Waals surface area contributed by atoms with Gasteiger partial charge in [-0.25, -0.2) is 24.5 Å². The Morgan fingerprint density at radius 3 is 2.67 bits per heavy atom. The maximum absolute atomic E-state index is 13.5. The number of pyridine rings is 1. The van der Waals surface area contributed by atoms with Crippen molar-refractivity contribution in [2.24, 2.45) is 0 Å². The SMILES string of the molecule is C[N+]1(O)CCC(c2ccn3c(-c4ccnc(N)n4)c(-c4ccc(F)cc4)nc3c2)C1. The van der Waals surface area contributed by atoms with E-state index in [0.717, 1.165) is 35.4 Å². The summed E-state index contributed by atoms with van der Waals surface area (Å²) in [5, 5.41) is 10.3. The summed E-state index contributed by atoms with van der Waals surface area (Å²) in [6.07, 6.45) is 4.50. The zero-order chi connectivity index (χ0) is 20.9. The van der Waals surface area contributed by atoms with Gasteiger partial charge in [-0.2, -0.15) is 4.65 Å². The van der Waals surface area contributed by atoms with Crippen LogP contribution in [0.1, 0.15) is 17.9 Å². The Morgan fingerprint density at radius 1 is 1.17 bits per heavy atom. The Morgan fingerprint density at radius 2 is 1.97 bits per heavy atom. The molecule has 1 aliphatic heterocycles. The van der Waals surface area contributed by atoms with Crippen LogP contribution in [-0.2, 0) is 0 Å². The molecule has 152 valence electrons. The number of rotatable bonds is 3. The van der Waals surface area contributed by atoms with Crippen LogP contribution < -0.4 is 5.73 Å². The number of nitrogens with two attached hydrogens (primary N) is 1. The molecule has 0 bridgehead atoms. The lowest BCUT2D eigenvalue weighted by Gasteiger charge is -2.18. The summed E-state index contributed by atoms with van der Waals surface area (Å²) >= 11 is 0. The number of imidazole rings is 1. The van der Waals surface area contributed by atoms with Gasteiger partial charge in [-0.05, 0) is 48.0 Å². The highest BCUT2D eigenvalue weighted by Crippen LogP contribution is 2.35. The van der Waals surface area contributed by atoms with Gasteiger partial charge in [0.05, 0.1) is 24.1 Å². The zero-order valence-electron chi connectivity index (χ0n) is 16.5. The van der Waals surface area contributed by atoms with Gasteiger partial charge in [0.25, 0.3) is 0 Å². The lowest BCUT2D eigenvalue weighted by Crippen LogP contribution is -2.37. The second kappa shape index (κ2) is 6.86. The van der Waals surface area contributed by atoms with Gasteiger partial charge in [-0.1, -0.05) is 0 Å². The van der Waals surface area contributed by atoms with Gasteiger partial charge in [0, 0.05) is 30.3 Å². The van der Waals surface area contributed by atoms with Crippen LogP contribution in [0, 0.1) is 5.82 Å². The maximum atomic E-state index is 13.5. The fourth-order valence-electron chi connectivity index (χ4n) is 4.24. The van der Waals surface area contributed by atoms with E-state index in [1.807, 2.05) is 17.6 Å². The van der Waals surface area contributed by atoms with Crippen molar-refractivity contribution in [2.75, 3.05) is 25.9 Å². The molecule has 1 aliphatic rings. The van der Waals surface area contributed by atoms with Gasteiger partial charge < -0.3 is 5.73 Å². The van der Waals surface area contributed by atoms with Crippen molar-refractivity contribution < 1.29 is 14.2 Å². The molecule has 2 unspecified atom stereocenters. The van der Waals surface area contributed by atoms with Gasteiger partial charge >= 0.3 is 0 Å². The molecule has 0 radical (unpaired) electrons. The number of nitrogens with zero attached hydrogens (tertiary/aromatic N) is 5. The molecular formula is C22H22FN6O+. The number of nitrogen functional groups attached to an aromatic ring is 1. The lowest BCUT2D eigenvalue weighted by molar-refractivity contribution is -1.08. The van der Waals surface area contributed by atoms with Crippen molar-refractivity contribution in [1.29, 1.82) is 0 Å². The van der Waals surface area contributed by atoms with E-state index in [9.17, 15) is 9.60 Å². The van der Waals surface area contributed by atoms with Crippen molar-refractivity contribution in [3.05, 3.63) is 66.2 Å². The minimum absolute atomic E-state index is 0.0383. The second-order valence-corrected chi connectivity index (χ2v) is 8.03. The van der Waals surface area contributed by atoms with Crippen LogP contribution in [0.5, 0.6) is 0 Å². The van der Waals surface area contributed by atoms with Gasteiger partial charge in [0.1, 0.15) is 24.6 Å². The molecule has 1 saturated heterocycles. The number of hydrogen-bond donors (Lipinski definition) is 2. The number of hydroxylamine groups is 3. The fourth-order valence-corrected chi connectivity index (χ4v) is 4.24. The number of benzene rings is 1. The molecule has 5 rings (SSSR count). The van der Waals surface area contributed by atoms with Crippen LogP contribution in [0.4, 0.5) is 10.3 Å². The normalized spacial score (nSPS) is 21.4. The molecule has 3 aromatic heterocycles. The third-order valence-electron chi connectivity index (χ3n) is 5.73. The minimum atomic E-state index is -0.302. The summed E-state index contributed by atoms with van der Waals surface area (Å²) in [5.41, 5.74) is 10.6. The van der Waals surface area contributed by atoms with Crippen molar-refractivity contribution in [1.82, 2.24) is 19.4 Å². The van der Waals surface area contributed by atoms with Crippen molar-refractivity contribution in [2.45, 2.75) is 12.3 Å². The van der Waals surface area contributed by atoms with Crippen molar-refractivity contribution in [3.63, 3.8) is 0 Å². The van der Waals surface area contributed by atoms with Crippen LogP contribution in [0.25, 0.3) is 28.3 Å². The Balaban J connectivity index is 1.69. The highest BCUT2D eigenvalue weighted by atomic mass is 19.1. The first-order valence-corrected chi connectivity index (χ1v) is 9.84. The third kappa shape index (κ3) is 3.30. The molecule has 3 N–H and O–H groups in total. The molecule has 0 aliphatic carbocycles. The first-order chi connectivity index (χ1) is 14.4. The quantitative estimate of drug-likeness (QED) is 0.509. The Kier molecular flexibility index (Phi) is 4.27. The summed E-state index contributed by atoms with van der Waals surface area (Å²) in [6, 6.07) is 12.1. The molecule has 4 heterocycles. The number of likely N-dealkylation sites (tertiary alicyclic amines) is 1. The molecule has 4 aromatic rings. The molecule has 30 heavy (non-hydrogen) atoms. The largest absolute Gasteiger partial charge is 0.368 e. The number of quaternary nitrogens is 1. The third-order valence-corrected chi connectivity index (χ3v) is 5.73. The van der Waals surface area contributed by atoms with E-state index in [-0.39, 0.29) is 22.3 Å². The summed E-state index contributed by atoms with van der Waals surface area (Å²) in [4.78, 5) is 13.2. The van der Waals surface area contributed by atoms with E-state index in [1.54, 1.807) is 24.4 Å². The van der Waals surface area contributed by atoms with E-state index < -0.39 is 0 Å². The van der Waals surface area contributed by atoms with E-state index >= 15 is 0 Å². The van der Waals surface area contributed by atoms with E-state index in [1.165, 1.54) is 12.1 Å². The molecule has 0 saturated carbocycles. The molecular weight excluding hydrogens is 383 g/mol. The zero-order valence-corrected chi connectivity index (χ0v) is 16.5. The highest BCUT2D eigenvalue weighted by Gasteiger charge is 2.35. The van der Waals surface area contributed by atoms with Crippen LogP contribution in [-0.4, -0.2) is 49.3 Å². The van der Waals surface area contributed by atoms with Gasteiger partial charge in [0.15, 0.2) is 0 Å². The smallest absolute Gasteiger partial charge is 0.220 e. The fraction of sp³-hybridized carbons (Fsp3) is 0.227. The second-order valence-electron chi connectivity index (χ2n) is 8.03. The first-order valence-electron chi connectivity index (χ1n) is 9.84. The maximum Gasteiger partial charge on any atom is 0.220 e. The Labute approximate surface area is 172 Å². The molecule has 7 nitrogen and oxygen atoms in total. The van der Waals surface area contributed by atoms with Gasteiger partial charge in [-0.3, -0.25) is 4.40 Å². The highest BCUT2D eigenvalue weighted by molar-refractivity contribution is 5.80. The van der Waals surface area contributed by atoms with E-state index in [0.29, 0.717) is 17.9 Å². The molecule has 0 spiro atoms. The molecule has 1 fully saturated rings. The average molecular weight is 405 g/mol. The van der Waals surface area contributed by atoms with Crippen LogP contribution in [0.15, 0.2) is 54.9 Å². The van der Waals surface area contributed by atoms with Crippen molar-refractivity contribution in [3.8, 4) is 22.6 Å². The first kappa shape index (κ1) is 18.7. The summed E-state index contributed by atoms with van der Waals surface area (Å²) in [6.45, 7) is 1.41. The molecule has 1 aromatic carbocycles. The monoisotopic (exact) mass is 405 g/mol. The number of aromatic nitrogens is 4. The molecule has 0 amide bonds. The minimum Gasteiger partial charge on any atom is -0.368 e. The molecule has 8 heteroatoms. The number of hydrogen-bond acceptors (Lipinski definition) is 5. The van der Waals surface area contributed by atoms with E-state index in [4.69, 9.17) is 10.7 Å². The number of halogens is 1. The summed E-state index contributed by atoms with van der Waals surface area (Å²) in [7, 11) is 1.83. The van der Waals surface area contributed by atoms with Gasteiger partial charge in [-0.15, -0.1) is 0 Å². The van der Waals surface area contributed by atoms with Gasteiger partial charge in [0.2, 0.25) is 5.95 Å². The Bertz CT molecular complexity index is 1230. The topological polar surface area (TPSA) is 89.3 Å². The lowest BCUT2D eigenvalue weighted by atomic mass is 10.00. The predicted octanol–water partition coefficient (Wildman–Crippen LogP) is 3.50. The molecule has 2 atom stereocenters. The Hall–Kier alpha value is -3.36. The predicted molar refractivity (Wildman–Crippen MR) is 111 cm³/mol. The average Bonchev–Trinajstić information content (AvgIpc) is 3.28. The number of anilines is 1. The summed E-state index contributed by atoms with van der Waals surface area (Å²) in [5.74, 6) is 0.147.